The molecule has 0 aliphatic rings. The molecular formula is C20H22N6OS. The average Bonchev–Trinajstić information content (AvgIpc) is 3.34. The molecule has 2 aromatic carbocycles. The van der Waals surface area contributed by atoms with Crippen molar-refractivity contribution in [2.24, 2.45) is 5.73 Å². The Balaban J connectivity index is 1.29. The van der Waals surface area contributed by atoms with Crippen molar-refractivity contribution >= 4 is 27.4 Å². The first-order valence-corrected chi connectivity index (χ1v) is 9.90. The first-order chi connectivity index (χ1) is 13.7. The fourth-order valence-electron chi connectivity index (χ4n) is 2.87. The van der Waals surface area contributed by atoms with Gasteiger partial charge in [0.25, 0.3) is 0 Å². The summed E-state index contributed by atoms with van der Waals surface area (Å²) in [4.78, 5) is 0. The number of nitrogens with two attached hydrogens (primary N) is 1. The van der Waals surface area contributed by atoms with Gasteiger partial charge >= 0.3 is 0 Å². The van der Waals surface area contributed by atoms with Crippen molar-refractivity contribution in [2.75, 3.05) is 18.5 Å². The second-order valence-corrected chi connectivity index (χ2v) is 7.60. The molecule has 0 saturated carbocycles. The largest absolute Gasteiger partial charge is 0.375 e. The highest BCUT2D eigenvalue weighted by atomic mass is 32.1. The molecule has 4 rings (SSSR count). The molecule has 0 bridgehead atoms. The normalized spacial score (nSPS) is 12.4. The number of H-pyrrole nitrogens is 1. The maximum Gasteiger partial charge on any atom is 0.206 e. The van der Waals surface area contributed by atoms with Gasteiger partial charge in [-0.1, -0.05) is 41.7 Å². The number of ether oxygens (including phenoxy) is 1. The summed E-state index contributed by atoms with van der Waals surface area (Å²) in [5.41, 5.74) is 10.3. The van der Waals surface area contributed by atoms with Gasteiger partial charge in [-0.3, -0.25) is 5.10 Å². The molecule has 0 aliphatic heterocycles. The van der Waals surface area contributed by atoms with Crippen molar-refractivity contribution < 1.29 is 4.74 Å². The van der Waals surface area contributed by atoms with Crippen LogP contribution in [-0.2, 0) is 11.3 Å². The molecule has 0 unspecified atom stereocenters. The maximum atomic E-state index is 6.13. The van der Waals surface area contributed by atoms with E-state index >= 15 is 0 Å². The van der Waals surface area contributed by atoms with Crippen LogP contribution >= 0.6 is 11.3 Å². The molecule has 8 heteroatoms. The Morgan fingerprint density at radius 3 is 2.89 bits per heavy atom. The molecule has 4 aromatic rings. The van der Waals surface area contributed by atoms with E-state index in [2.05, 4.69) is 31.8 Å². The highest BCUT2D eigenvalue weighted by Crippen LogP contribution is 2.29. The Morgan fingerprint density at radius 2 is 2.04 bits per heavy atom. The van der Waals surface area contributed by atoms with E-state index in [0.29, 0.717) is 19.8 Å². The SMILES string of the molecule is Cc1n[nH]c2ccc(-c3nnc(NC[C@@H](N)COCc4ccccc4)s3)cc12. The van der Waals surface area contributed by atoms with Gasteiger partial charge < -0.3 is 15.8 Å². The summed E-state index contributed by atoms with van der Waals surface area (Å²) in [7, 11) is 0. The van der Waals surface area contributed by atoms with Gasteiger partial charge in [-0.15, -0.1) is 10.2 Å². The zero-order valence-corrected chi connectivity index (χ0v) is 16.4. The Morgan fingerprint density at radius 1 is 1.18 bits per heavy atom. The van der Waals surface area contributed by atoms with Gasteiger partial charge in [0.1, 0.15) is 5.01 Å². The Hall–Kier alpha value is -2.81. The molecule has 1 atom stereocenters. The predicted octanol–water partition coefficient (Wildman–Crippen LogP) is 3.35. The lowest BCUT2D eigenvalue weighted by Gasteiger charge is -2.12. The van der Waals surface area contributed by atoms with Crippen LogP contribution in [0.2, 0.25) is 0 Å². The lowest BCUT2D eigenvalue weighted by molar-refractivity contribution is 0.110. The number of anilines is 1. The zero-order valence-electron chi connectivity index (χ0n) is 15.6. The molecule has 144 valence electrons. The molecule has 7 nitrogen and oxygen atoms in total. The number of fused-ring (bicyclic) bond motifs is 1. The average molecular weight is 395 g/mol. The number of aromatic amines is 1. The minimum Gasteiger partial charge on any atom is -0.375 e. The molecule has 0 aliphatic carbocycles. The standard InChI is InChI=1S/C20H22N6OS/c1-13-17-9-15(7-8-18(17)24-23-13)19-25-26-20(28-19)22-10-16(21)12-27-11-14-5-3-2-4-6-14/h2-9,16H,10-12,21H2,1H3,(H,22,26)(H,23,24)/t16-/m1/s1. The highest BCUT2D eigenvalue weighted by Gasteiger charge is 2.10. The molecule has 2 heterocycles. The summed E-state index contributed by atoms with van der Waals surface area (Å²) < 4.78 is 5.68. The lowest BCUT2D eigenvalue weighted by atomic mass is 10.1. The van der Waals surface area contributed by atoms with E-state index < -0.39 is 0 Å². The molecule has 0 radical (unpaired) electrons. The second-order valence-electron chi connectivity index (χ2n) is 6.62. The second kappa shape index (κ2) is 8.47. The number of aromatic nitrogens is 4. The van der Waals surface area contributed by atoms with Crippen LogP contribution in [0, 0.1) is 6.92 Å². The molecule has 0 fully saturated rings. The van der Waals surface area contributed by atoms with Crippen LogP contribution in [0.4, 0.5) is 5.13 Å². The quantitative estimate of drug-likeness (QED) is 0.424. The van der Waals surface area contributed by atoms with Gasteiger partial charge in [-0.25, -0.2) is 0 Å². The fourth-order valence-corrected chi connectivity index (χ4v) is 3.62. The first-order valence-electron chi connectivity index (χ1n) is 9.09. The van der Waals surface area contributed by atoms with Gasteiger partial charge in [0.2, 0.25) is 5.13 Å². The van der Waals surface area contributed by atoms with Crippen LogP contribution in [0.3, 0.4) is 0 Å². The van der Waals surface area contributed by atoms with Crippen LogP contribution in [0.5, 0.6) is 0 Å². The molecule has 0 spiro atoms. The molecule has 28 heavy (non-hydrogen) atoms. The van der Waals surface area contributed by atoms with E-state index in [1.54, 1.807) is 0 Å². The summed E-state index contributed by atoms with van der Waals surface area (Å²) in [5.74, 6) is 0. The molecule has 0 amide bonds. The third kappa shape index (κ3) is 4.36. The summed E-state index contributed by atoms with van der Waals surface area (Å²) in [6.45, 7) is 3.59. The highest BCUT2D eigenvalue weighted by molar-refractivity contribution is 7.18. The van der Waals surface area contributed by atoms with Crippen LogP contribution in [0.1, 0.15) is 11.3 Å². The van der Waals surface area contributed by atoms with Crippen LogP contribution in [0.15, 0.2) is 48.5 Å². The van der Waals surface area contributed by atoms with Crippen LogP contribution < -0.4 is 11.1 Å². The van der Waals surface area contributed by atoms with E-state index in [1.807, 2.05) is 49.4 Å². The van der Waals surface area contributed by atoms with Gasteiger partial charge in [-0.05, 0) is 30.7 Å². The van der Waals surface area contributed by atoms with Crippen molar-refractivity contribution in [3.8, 4) is 10.6 Å². The lowest BCUT2D eigenvalue weighted by Crippen LogP contribution is -2.33. The van der Waals surface area contributed by atoms with Crippen molar-refractivity contribution in [2.45, 2.75) is 19.6 Å². The van der Waals surface area contributed by atoms with Gasteiger partial charge in [0.05, 0.1) is 24.4 Å². The smallest absolute Gasteiger partial charge is 0.206 e. The Labute approximate surface area is 167 Å². The number of hydrogen-bond acceptors (Lipinski definition) is 7. The topological polar surface area (TPSA) is 102 Å². The zero-order chi connectivity index (χ0) is 19.3. The maximum absolute atomic E-state index is 6.13. The summed E-state index contributed by atoms with van der Waals surface area (Å²) >= 11 is 1.51. The minimum atomic E-state index is -0.124. The molecule has 2 aromatic heterocycles. The number of rotatable bonds is 8. The number of aryl methyl sites for hydroxylation is 1. The third-order valence-electron chi connectivity index (χ3n) is 4.38. The van der Waals surface area contributed by atoms with Crippen LogP contribution in [0.25, 0.3) is 21.5 Å². The van der Waals surface area contributed by atoms with E-state index in [0.717, 1.165) is 37.9 Å². The summed E-state index contributed by atoms with van der Waals surface area (Å²) in [5, 5.41) is 21.7. The predicted molar refractivity (Wildman–Crippen MR) is 112 cm³/mol. The Bertz CT molecular complexity index is 1050. The van der Waals surface area contributed by atoms with E-state index in [9.17, 15) is 0 Å². The van der Waals surface area contributed by atoms with Crippen molar-refractivity contribution in [3.05, 3.63) is 59.8 Å². The number of nitrogens with zero attached hydrogens (tertiary/aromatic N) is 3. The van der Waals surface area contributed by atoms with Gasteiger partial charge in [-0.2, -0.15) is 5.10 Å². The third-order valence-corrected chi connectivity index (χ3v) is 5.31. The summed E-state index contributed by atoms with van der Waals surface area (Å²) in [6, 6.07) is 16.1. The molecule has 4 N–H and O–H groups in total. The molecular weight excluding hydrogens is 372 g/mol. The monoisotopic (exact) mass is 394 g/mol. The number of benzene rings is 2. The number of nitrogens with one attached hydrogen (secondary N) is 2. The van der Waals surface area contributed by atoms with E-state index in [4.69, 9.17) is 10.5 Å². The van der Waals surface area contributed by atoms with E-state index in [-0.39, 0.29) is 6.04 Å². The fraction of sp³-hybridized carbons (Fsp3) is 0.250. The number of hydrogen-bond donors (Lipinski definition) is 3. The van der Waals surface area contributed by atoms with Crippen molar-refractivity contribution in [3.63, 3.8) is 0 Å². The minimum absolute atomic E-state index is 0.124. The van der Waals surface area contributed by atoms with Crippen molar-refractivity contribution in [1.82, 2.24) is 20.4 Å². The first kappa shape index (κ1) is 18.5. The van der Waals surface area contributed by atoms with Crippen LogP contribution in [-0.4, -0.2) is 39.6 Å². The van der Waals surface area contributed by atoms with Gasteiger partial charge in [0.15, 0.2) is 0 Å². The van der Waals surface area contributed by atoms with E-state index in [1.165, 1.54) is 11.3 Å². The van der Waals surface area contributed by atoms with Crippen molar-refractivity contribution in [1.29, 1.82) is 0 Å². The molecule has 0 saturated heterocycles. The summed E-state index contributed by atoms with van der Waals surface area (Å²) in [6.07, 6.45) is 0. The Kier molecular flexibility index (Phi) is 5.61. The van der Waals surface area contributed by atoms with Gasteiger partial charge in [0, 0.05) is 23.5 Å².